The molecule has 20 heavy (non-hydrogen) atoms. The number of aromatic nitrogens is 1. The number of unbranched alkanes of at least 4 members (excludes halogenated alkanes) is 2. The zero-order valence-electron chi connectivity index (χ0n) is 11.7. The predicted octanol–water partition coefficient (Wildman–Crippen LogP) is 3.52. The highest BCUT2D eigenvalue weighted by Gasteiger charge is 2.09. The Labute approximate surface area is 118 Å². The van der Waals surface area contributed by atoms with E-state index in [1.54, 1.807) is 10.6 Å². The standard InChI is InChI=1S/C17H19NO2/c1-2-3-7-12-18-16(14-8-5-4-6-9-14)11-10-15(13-19)17(18)20/h4-6,8-11,13H,2-3,7,12H2,1H3. The van der Waals surface area contributed by atoms with Gasteiger partial charge in [0, 0.05) is 6.54 Å². The van der Waals surface area contributed by atoms with Crippen molar-refractivity contribution in [1.29, 1.82) is 0 Å². The van der Waals surface area contributed by atoms with Crippen molar-refractivity contribution in [3.63, 3.8) is 0 Å². The quantitative estimate of drug-likeness (QED) is 0.594. The Hall–Kier alpha value is -2.16. The Morgan fingerprint density at radius 1 is 1.05 bits per heavy atom. The second kappa shape index (κ2) is 6.85. The van der Waals surface area contributed by atoms with Crippen molar-refractivity contribution in [1.82, 2.24) is 4.57 Å². The van der Waals surface area contributed by atoms with Gasteiger partial charge < -0.3 is 4.57 Å². The molecule has 2 rings (SSSR count). The normalized spacial score (nSPS) is 10.4. The number of benzene rings is 1. The molecular formula is C17H19NO2. The smallest absolute Gasteiger partial charge is 0.261 e. The lowest BCUT2D eigenvalue weighted by molar-refractivity contribution is 0.112. The summed E-state index contributed by atoms with van der Waals surface area (Å²) in [6.45, 7) is 2.78. The van der Waals surface area contributed by atoms with Gasteiger partial charge in [-0.3, -0.25) is 9.59 Å². The summed E-state index contributed by atoms with van der Waals surface area (Å²) in [5, 5.41) is 0. The lowest BCUT2D eigenvalue weighted by atomic mass is 10.1. The lowest BCUT2D eigenvalue weighted by Gasteiger charge is -2.13. The van der Waals surface area contributed by atoms with E-state index in [1.807, 2.05) is 36.4 Å². The number of carbonyl (C=O) groups is 1. The summed E-state index contributed by atoms with van der Waals surface area (Å²) in [5.74, 6) is 0. The minimum Gasteiger partial charge on any atom is -0.308 e. The molecule has 1 heterocycles. The molecule has 1 aromatic carbocycles. The average Bonchev–Trinajstić information content (AvgIpc) is 2.50. The highest BCUT2D eigenvalue weighted by molar-refractivity contribution is 5.75. The van der Waals surface area contributed by atoms with E-state index < -0.39 is 0 Å². The summed E-state index contributed by atoms with van der Waals surface area (Å²) in [4.78, 5) is 23.3. The zero-order valence-corrected chi connectivity index (χ0v) is 11.7. The number of nitrogens with zero attached hydrogens (tertiary/aromatic N) is 1. The first kappa shape index (κ1) is 14.3. The van der Waals surface area contributed by atoms with Crippen molar-refractivity contribution in [3.05, 3.63) is 58.4 Å². The van der Waals surface area contributed by atoms with Crippen molar-refractivity contribution in [2.75, 3.05) is 0 Å². The van der Waals surface area contributed by atoms with E-state index >= 15 is 0 Å². The van der Waals surface area contributed by atoms with Gasteiger partial charge in [-0.05, 0) is 24.1 Å². The van der Waals surface area contributed by atoms with Gasteiger partial charge in [-0.2, -0.15) is 0 Å². The van der Waals surface area contributed by atoms with Crippen LogP contribution in [-0.4, -0.2) is 10.9 Å². The minimum atomic E-state index is -0.197. The van der Waals surface area contributed by atoms with Crippen molar-refractivity contribution in [2.24, 2.45) is 0 Å². The third-order valence-corrected chi connectivity index (χ3v) is 3.39. The molecule has 0 fully saturated rings. The van der Waals surface area contributed by atoms with E-state index in [9.17, 15) is 9.59 Å². The van der Waals surface area contributed by atoms with Gasteiger partial charge in [0.25, 0.3) is 5.56 Å². The van der Waals surface area contributed by atoms with Crippen molar-refractivity contribution < 1.29 is 4.79 Å². The molecule has 0 aliphatic heterocycles. The van der Waals surface area contributed by atoms with Crippen molar-refractivity contribution >= 4 is 6.29 Å². The maximum Gasteiger partial charge on any atom is 0.261 e. The number of rotatable bonds is 6. The summed E-state index contributed by atoms with van der Waals surface area (Å²) in [6.07, 6.45) is 3.75. The van der Waals surface area contributed by atoms with Crippen LogP contribution in [-0.2, 0) is 6.54 Å². The average molecular weight is 269 g/mol. The summed E-state index contributed by atoms with van der Waals surface area (Å²) in [7, 11) is 0. The van der Waals surface area contributed by atoms with Crippen molar-refractivity contribution in [2.45, 2.75) is 32.7 Å². The van der Waals surface area contributed by atoms with E-state index in [4.69, 9.17) is 0 Å². The molecule has 104 valence electrons. The molecule has 0 N–H and O–H groups in total. The van der Waals surface area contributed by atoms with E-state index in [2.05, 4.69) is 6.92 Å². The van der Waals surface area contributed by atoms with Crippen LogP contribution in [0.4, 0.5) is 0 Å². The van der Waals surface area contributed by atoms with Crippen LogP contribution in [0.1, 0.15) is 36.5 Å². The molecule has 0 aliphatic rings. The summed E-state index contributed by atoms with van der Waals surface area (Å²) >= 11 is 0. The van der Waals surface area contributed by atoms with Crippen LogP contribution in [0.15, 0.2) is 47.3 Å². The molecule has 1 aromatic heterocycles. The van der Waals surface area contributed by atoms with E-state index in [0.717, 1.165) is 30.5 Å². The van der Waals surface area contributed by atoms with Gasteiger partial charge in [0.05, 0.1) is 11.3 Å². The molecule has 0 atom stereocenters. The Kier molecular flexibility index (Phi) is 4.88. The second-order valence-corrected chi connectivity index (χ2v) is 4.82. The molecule has 0 bridgehead atoms. The van der Waals surface area contributed by atoms with E-state index in [1.165, 1.54) is 0 Å². The Morgan fingerprint density at radius 2 is 1.80 bits per heavy atom. The second-order valence-electron chi connectivity index (χ2n) is 4.82. The van der Waals surface area contributed by atoms with Gasteiger partial charge in [0.1, 0.15) is 0 Å². The number of carbonyl (C=O) groups excluding carboxylic acids is 1. The van der Waals surface area contributed by atoms with Gasteiger partial charge in [-0.1, -0.05) is 50.1 Å². The van der Waals surface area contributed by atoms with Crippen LogP contribution < -0.4 is 5.56 Å². The maximum atomic E-state index is 12.3. The molecule has 0 saturated heterocycles. The van der Waals surface area contributed by atoms with Gasteiger partial charge in [0.2, 0.25) is 0 Å². The molecule has 0 saturated carbocycles. The Morgan fingerprint density at radius 3 is 2.45 bits per heavy atom. The van der Waals surface area contributed by atoms with Crippen LogP contribution in [0.5, 0.6) is 0 Å². The highest BCUT2D eigenvalue weighted by atomic mass is 16.1. The van der Waals surface area contributed by atoms with Gasteiger partial charge >= 0.3 is 0 Å². The van der Waals surface area contributed by atoms with Crippen LogP contribution in [0.2, 0.25) is 0 Å². The molecule has 0 unspecified atom stereocenters. The number of hydrogen-bond donors (Lipinski definition) is 0. The minimum absolute atomic E-state index is 0.197. The lowest BCUT2D eigenvalue weighted by Crippen LogP contribution is -2.25. The molecular weight excluding hydrogens is 250 g/mol. The fraction of sp³-hybridized carbons (Fsp3) is 0.294. The van der Waals surface area contributed by atoms with Crippen LogP contribution in [0.3, 0.4) is 0 Å². The third kappa shape index (κ3) is 3.05. The first-order valence-corrected chi connectivity index (χ1v) is 7.02. The fourth-order valence-corrected chi connectivity index (χ4v) is 2.29. The molecule has 3 heteroatoms. The van der Waals surface area contributed by atoms with E-state index in [0.29, 0.717) is 12.8 Å². The monoisotopic (exact) mass is 269 g/mol. The van der Waals surface area contributed by atoms with Gasteiger partial charge in [0.15, 0.2) is 6.29 Å². The Balaban J connectivity index is 2.48. The highest BCUT2D eigenvalue weighted by Crippen LogP contribution is 2.18. The fourth-order valence-electron chi connectivity index (χ4n) is 2.29. The first-order valence-electron chi connectivity index (χ1n) is 7.02. The molecule has 2 aromatic rings. The molecule has 0 spiro atoms. The summed E-state index contributed by atoms with van der Waals surface area (Å²) in [6, 6.07) is 13.3. The SMILES string of the molecule is CCCCCn1c(-c2ccccc2)ccc(C=O)c1=O. The molecule has 0 radical (unpaired) electrons. The van der Waals surface area contributed by atoms with Gasteiger partial charge in [-0.25, -0.2) is 0 Å². The zero-order chi connectivity index (χ0) is 14.4. The topological polar surface area (TPSA) is 39.1 Å². The largest absolute Gasteiger partial charge is 0.308 e. The maximum absolute atomic E-state index is 12.3. The van der Waals surface area contributed by atoms with E-state index in [-0.39, 0.29) is 11.1 Å². The molecule has 3 nitrogen and oxygen atoms in total. The Bertz CT molecular complexity index is 629. The molecule has 0 amide bonds. The first-order chi connectivity index (χ1) is 9.77. The summed E-state index contributed by atoms with van der Waals surface area (Å²) in [5.41, 5.74) is 1.90. The van der Waals surface area contributed by atoms with Crippen molar-refractivity contribution in [3.8, 4) is 11.3 Å². The number of aldehydes is 1. The van der Waals surface area contributed by atoms with Crippen LogP contribution >= 0.6 is 0 Å². The number of hydrogen-bond acceptors (Lipinski definition) is 2. The predicted molar refractivity (Wildman–Crippen MR) is 81.1 cm³/mol. The van der Waals surface area contributed by atoms with Gasteiger partial charge in [-0.15, -0.1) is 0 Å². The third-order valence-electron chi connectivity index (χ3n) is 3.39. The summed E-state index contributed by atoms with van der Waals surface area (Å²) < 4.78 is 1.72. The van der Waals surface area contributed by atoms with Crippen LogP contribution in [0.25, 0.3) is 11.3 Å². The van der Waals surface area contributed by atoms with Crippen LogP contribution in [0, 0.1) is 0 Å². The number of pyridine rings is 1. The molecule has 0 aliphatic carbocycles.